The van der Waals surface area contributed by atoms with Gasteiger partial charge in [0.2, 0.25) is 0 Å². The van der Waals surface area contributed by atoms with Gasteiger partial charge in [-0.3, -0.25) is 18.9 Å². The number of hydrogen-bond donors (Lipinski definition) is 2. The molecule has 1 aliphatic rings. The van der Waals surface area contributed by atoms with Crippen LogP contribution >= 0.6 is 24.0 Å². The molecular formula is C23H22N4O4S2. The first kappa shape index (κ1) is 23.0. The Morgan fingerprint density at radius 1 is 1.21 bits per heavy atom. The lowest BCUT2D eigenvalue weighted by molar-refractivity contribution is -0.122. The molecule has 1 aromatic carbocycles. The molecule has 1 fully saturated rings. The average molecular weight is 483 g/mol. The van der Waals surface area contributed by atoms with E-state index >= 15 is 0 Å². The van der Waals surface area contributed by atoms with Gasteiger partial charge in [-0.2, -0.15) is 0 Å². The molecule has 8 nitrogen and oxygen atoms in total. The summed E-state index contributed by atoms with van der Waals surface area (Å²) in [6.45, 7) is 0.771. The van der Waals surface area contributed by atoms with Gasteiger partial charge in [-0.05, 0) is 42.3 Å². The highest BCUT2D eigenvalue weighted by Gasteiger charge is 2.32. The second-order valence-corrected chi connectivity index (χ2v) is 8.90. The highest BCUT2D eigenvalue weighted by molar-refractivity contribution is 8.26. The van der Waals surface area contributed by atoms with Crippen LogP contribution in [-0.2, 0) is 11.3 Å². The standard InChI is InChI=1S/C23H22N4O4S2/c1-31-16-8-6-15(7-9-16)14-27-22(30)18(33-23(27)32)13-17-20(24-10-4-12-28)25-19-5-2-3-11-26(19)21(17)29/h2-3,5-9,11,13,24,28H,4,10,12,14H2,1H3/b18-13-. The van der Waals surface area contributed by atoms with Crippen LogP contribution < -0.4 is 15.6 Å². The van der Waals surface area contributed by atoms with Crippen molar-refractivity contribution in [2.24, 2.45) is 0 Å². The first-order valence-electron chi connectivity index (χ1n) is 10.3. The van der Waals surface area contributed by atoms with Crippen LogP contribution in [0.3, 0.4) is 0 Å². The molecule has 4 rings (SSSR count). The third-order valence-corrected chi connectivity index (χ3v) is 6.42. The summed E-state index contributed by atoms with van der Waals surface area (Å²) in [5.74, 6) is 0.828. The molecule has 0 radical (unpaired) electrons. The zero-order valence-corrected chi connectivity index (χ0v) is 19.5. The summed E-state index contributed by atoms with van der Waals surface area (Å²) in [5, 5.41) is 12.2. The van der Waals surface area contributed by atoms with Crippen molar-refractivity contribution in [2.75, 3.05) is 25.6 Å². The van der Waals surface area contributed by atoms with Crippen LogP contribution in [0.5, 0.6) is 5.75 Å². The minimum absolute atomic E-state index is 0.0128. The molecule has 0 saturated carbocycles. The van der Waals surface area contributed by atoms with Gasteiger partial charge in [0.1, 0.15) is 21.5 Å². The topological polar surface area (TPSA) is 96.2 Å². The smallest absolute Gasteiger partial charge is 0.267 e. The summed E-state index contributed by atoms with van der Waals surface area (Å²) >= 11 is 6.60. The minimum atomic E-state index is -0.299. The van der Waals surface area contributed by atoms with E-state index in [4.69, 9.17) is 22.1 Å². The lowest BCUT2D eigenvalue weighted by Crippen LogP contribution is -2.27. The minimum Gasteiger partial charge on any atom is -0.497 e. The number of fused-ring (bicyclic) bond motifs is 1. The number of nitrogens with zero attached hydrogens (tertiary/aromatic N) is 3. The number of carbonyl (C=O) groups excluding carboxylic acids is 1. The summed E-state index contributed by atoms with van der Waals surface area (Å²) in [7, 11) is 1.60. The number of aromatic nitrogens is 2. The first-order valence-corrected chi connectivity index (χ1v) is 11.5. The molecule has 1 aliphatic heterocycles. The molecule has 170 valence electrons. The molecule has 33 heavy (non-hydrogen) atoms. The number of rotatable bonds is 8. The fourth-order valence-electron chi connectivity index (χ4n) is 3.33. The largest absolute Gasteiger partial charge is 0.497 e. The molecular weight excluding hydrogens is 460 g/mol. The third kappa shape index (κ3) is 4.92. The first-order chi connectivity index (χ1) is 16.0. The zero-order chi connectivity index (χ0) is 23.4. The zero-order valence-electron chi connectivity index (χ0n) is 17.9. The van der Waals surface area contributed by atoms with Gasteiger partial charge < -0.3 is 15.2 Å². The van der Waals surface area contributed by atoms with E-state index < -0.39 is 0 Å². The van der Waals surface area contributed by atoms with Crippen molar-refractivity contribution in [3.63, 3.8) is 0 Å². The van der Waals surface area contributed by atoms with Crippen molar-refractivity contribution in [1.82, 2.24) is 14.3 Å². The van der Waals surface area contributed by atoms with Crippen molar-refractivity contribution in [3.8, 4) is 5.75 Å². The van der Waals surface area contributed by atoms with Crippen LogP contribution in [0, 0.1) is 0 Å². The maximum absolute atomic E-state index is 13.2. The van der Waals surface area contributed by atoms with Gasteiger partial charge in [0, 0.05) is 19.3 Å². The summed E-state index contributed by atoms with van der Waals surface area (Å²) in [4.78, 5) is 32.7. The van der Waals surface area contributed by atoms with Gasteiger partial charge in [-0.15, -0.1) is 0 Å². The fraction of sp³-hybridized carbons (Fsp3) is 0.217. The molecule has 0 spiro atoms. The van der Waals surface area contributed by atoms with Crippen LogP contribution in [-0.4, -0.2) is 49.9 Å². The summed E-state index contributed by atoms with van der Waals surface area (Å²) in [5.41, 5.74) is 1.36. The lowest BCUT2D eigenvalue weighted by Gasteiger charge is -2.14. The van der Waals surface area contributed by atoms with E-state index in [0.29, 0.717) is 40.2 Å². The van der Waals surface area contributed by atoms with Gasteiger partial charge in [0.05, 0.1) is 24.1 Å². The number of methoxy groups -OCH3 is 1. The Kier molecular flexibility index (Phi) is 7.07. The molecule has 10 heteroatoms. The fourth-order valence-corrected chi connectivity index (χ4v) is 4.57. The van der Waals surface area contributed by atoms with Gasteiger partial charge in [0.15, 0.2) is 0 Å². The molecule has 1 saturated heterocycles. The molecule has 3 aromatic rings. The van der Waals surface area contributed by atoms with Crippen LogP contribution in [0.15, 0.2) is 58.4 Å². The number of thioether (sulfide) groups is 1. The number of carbonyl (C=O) groups is 1. The Labute approximate surface area is 199 Å². The SMILES string of the molecule is COc1ccc(CN2C(=O)/C(=C/c3c(NCCCO)nc4ccccn4c3=O)SC2=S)cc1. The number of benzene rings is 1. The Balaban J connectivity index is 1.67. The maximum atomic E-state index is 13.2. The van der Waals surface area contributed by atoms with Crippen molar-refractivity contribution in [1.29, 1.82) is 0 Å². The molecule has 3 heterocycles. The van der Waals surface area contributed by atoms with Crippen LogP contribution in [0.2, 0.25) is 0 Å². The van der Waals surface area contributed by atoms with Gasteiger partial charge >= 0.3 is 0 Å². The van der Waals surface area contributed by atoms with Crippen molar-refractivity contribution >= 4 is 51.7 Å². The average Bonchev–Trinajstić information content (AvgIpc) is 3.09. The Morgan fingerprint density at radius 2 is 2.00 bits per heavy atom. The number of aliphatic hydroxyl groups excluding tert-OH is 1. The monoisotopic (exact) mass is 482 g/mol. The Bertz CT molecular complexity index is 1290. The van der Waals surface area contributed by atoms with Crippen LogP contribution in [0.1, 0.15) is 17.5 Å². The number of amides is 1. The maximum Gasteiger partial charge on any atom is 0.267 e. The van der Waals surface area contributed by atoms with Gasteiger partial charge in [-0.1, -0.05) is 42.2 Å². The predicted molar refractivity (Wildman–Crippen MR) is 133 cm³/mol. The highest BCUT2D eigenvalue weighted by Crippen LogP contribution is 2.34. The second kappa shape index (κ2) is 10.2. The van der Waals surface area contributed by atoms with E-state index in [-0.39, 0.29) is 23.6 Å². The van der Waals surface area contributed by atoms with E-state index in [1.807, 2.05) is 24.3 Å². The van der Waals surface area contributed by atoms with Crippen molar-refractivity contribution in [2.45, 2.75) is 13.0 Å². The van der Waals surface area contributed by atoms with E-state index in [2.05, 4.69) is 10.3 Å². The Hall–Kier alpha value is -3.21. The van der Waals surface area contributed by atoms with E-state index in [0.717, 1.165) is 23.1 Å². The molecule has 2 N–H and O–H groups in total. The van der Waals surface area contributed by atoms with E-state index in [9.17, 15) is 9.59 Å². The number of hydrogen-bond acceptors (Lipinski definition) is 8. The molecule has 0 unspecified atom stereocenters. The second-order valence-electron chi connectivity index (χ2n) is 7.23. The molecule has 0 bridgehead atoms. The van der Waals surface area contributed by atoms with Crippen LogP contribution in [0.25, 0.3) is 11.7 Å². The third-order valence-electron chi connectivity index (χ3n) is 5.05. The molecule has 0 atom stereocenters. The van der Waals surface area contributed by atoms with Gasteiger partial charge in [0.25, 0.3) is 11.5 Å². The predicted octanol–water partition coefficient (Wildman–Crippen LogP) is 2.90. The van der Waals surface area contributed by atoms with E-state index in [1.165, 1.54) is 9.30 Å². The van der Waals surface area contributed by atoms with Gasteiger partial charge in [-0.25, -0.2) is 4.98 Å². The number of ether oxygens (including phenoxy) is 1. The van der Waals surface area contributed by atoms with Crippen molar-refractivity contribution in [3.05, 3.63) is 75.0 Å². The lowest BCUT2D eigenvalue weighted by atomic mass is 10.2. The van der Waals surface area contributed by atoms with Crippen molar-refractivity contribution < 1.29 is 14.6 Å². The number of aliphatic hydroxyl groups is 1. The number of anilines is 1. The Morgan fingerprint density at radius 3 is 2.73 bits per heavy atom. The highest BCUT2D eigenvalue weighted by atomic mass is 32.2. The molecule has 2 aromatic heterocycles. The molecule has 0 aliphatic carbocycles. The number of nitrogens with one attached hydrogen (secondary N) is 1. The summed E-state index contributed by atoms with van der Waals surface area (Å²) in [6.07, 6.45) is 3.68. The van der Waals surface area contributed by atoms with E-state index in [1.54, 1.807) is 37.6 Å². The quantitative estimate of drug-likeness (QED) is 0.288. The summed E-state index contributed by atoms with van der Waals surface area (Å²) in [6, 6.07) is 12.7. The van der Waals surface area contributed by atoms with Crippen LogP contribution in [0.4, 0.5) is 5.82 Å². The summed E-state index contributed by atoms with van der Waals surface area (Å²) < 4.78 is 7.03. The number of thiocarbonyl (C=S) groups is 1. The number of pyridine rings is 1. The molecule has 1 amide bonds. The normalized spacial score (nSPS) is 15.0.